The number of nitrogens with zero attached hydrogens (tertiary/aromatic N) is 4. The van der Waals surface area contributed by atoms with Crippen LogP contribution in [0.4, 0.5) is 5.95 Å². The van der Waals surface area contributed by atoms with Crippen molar-refractivity contribution in [1.82, 2.24) is 20.3 Å². The minimum atomic E-state index is -0.260. The molecule has 7 nitrogen and oxygen atoms in total. The maximum absolute atomic E-state index is 11.8. The van der Waals surface area contributed by atoms with Crippen molar-refractivity contribution in [1.29, 1.82) is 0 Å². The Kier molecular flexibility index (Phi) is 4.06. The standard InChI is InChI=1S/C11H17N5O2/c1-15(18-2)10(17)9-7-13-11(14-8-9)16-5-3-12-4-6-16/h7-8,12H,3-6H2,1-2H3. The van der Waals surface area contributed by atoms with Crippen LogP contribution in [-0.4, -0.2) is 61.3 Å². The Morgan fingerprint density at radius 1 is 1.39 bits per heavy atom. The van der Waals surface area contributed by atoms with Crippen LogP contribution in [0.2, 0.25) is 0 Å². The fourth-order valence-corrected chi connectivity index (χ4v) is 1.72. The van der Waals surface area contributed by atoms with E-state index in [1.165, 1.54) is 19.5 Å². The van der Waals surface area contributed by atoms with E-state index in [1.807, 2.05) is 0 Å². The quantitative estimate of drug-likeness (QED) is 0.732. The summed E-state index contributed by atoms with van der Waals surface area (Å²) in [5.41, 5.74) is 0.415. The molecule has 2 heterocycles. The van der Waals surface area contributed by atoms with Gasteiger partial charge in [0.05, 0.1) is 12.7 Å². The lowest BCUT2D eigenvalue weighted by Gasteiger charge is -2.27. The van der Waals surface area contributed by atoms with Gasteiger partial charge in [0.2, 0.25) is 5.95 Å². The van der Waals surface area contributed by atoms with E-state index in [9.17, 15) is 4.79 Å². The van der Waals surface area contributed by atoms with E-state index in [0.717, 1.165) is 31.2 Å². The van der Waals surface area contributed by atoms with E-state index >= 15 is 0 Å². The van der Waals surface area contributed by atoms with Gasteiger partial charge in [-0.1, -0.05) is 0 Å². The molecule has 1 aliphatic rings. The third kappa shape index (κ3) is 2.74. The highest BCUT2D eigenvalue weighted by Crippen LogP contribution is 2.09. The molecule has 1 aliphatic heterocycles. The molecule has 1 aromatic heterocycles. The molecule has 0 aliphatic carbocycles. The number of piperazine rings is 1. The van der Waals surface area contributed by atoms with Gasteiger partial charge in [-0.25, -0.2) is 15.0 Å². The first kappa shape index (κ1) is 12.7. The highest BCUT2D eigenvalue weighted by atomic mass is 16.7. The first-order valence-corrected chi connectivity index (χ1v) is 5.82. The van der Waals surface area contributed by atoms with Crippen molar-refractivity contribution in [2.24, 2.45) is 0 Å². The van der Waals surface area contributed by atoms with Gasteiger partial charge in [-0.15, -0.1) is 0 Å². The molecule has 2 rings (SSSR count). The van der Waals surface area contributed by atoms with Gasteiger partial charge < -0.3 is 10.2 Å². The van der Waals surface area contributed by atoms with Crippen LogP contribution in [0, 0.1) is 0 Å². The topological polar surface area (TPSA) is 70.6 Å². The molecule has 0 saturated carbocycles. The second-order valence-corrected chi connectivity index (χ2v) is 3.99. The molecule has 0 radical (unpaired) electrons. The van der Waals surface area contributed by atoms with Crippen LogP contribution in [0.15, 0.2) is 12.4 Å². The fourth-order valence-electron chi connectivity index (χ4n) is 1.72. The monoisotopic (exact) mass is 251 g/mol. The number of amides is 1. The van der Waals surface area contributed by atoms with Gasteiger partial charge in [0.1, 0.15) is 0 Å². The summed E-state index contributed by atoms with van der Waals surface area (Å²) in [6.45, 7) is 3.61. The molecule has 0 aromatic carbocycles. The van der Waals surface area contributed by atoms with Gasteiger partial charge in [-0.05, 0) is 0 Å². The van der Waals surface area contributed by atoms with Gasteiger partial charge in [0, 0.05) is 45.6 Å². The number of rotatable bonds is 3. The van der Waals surface area contributed by atoms with Crippen LogP contribution in [0.25, 0.3) is 0 Å². The zero-order chi connectivity index (χ0) is 13.0. The Bertz CT molecular complexity index is 402. The van der Waals surface area contributed by atoms with Crippen molar-refractivity contribution >= 4 is 11.9 Å². The second-order valence-electron chi connectivity index (χ2n) is 3.99. The van der Waals surface area contributed by atoms with E-state index in [4.69, 9.17) is 4.84 Å². The van der Waals surface area contributed by atoms with Crippen molar-refractivity contribution in [3.63, 3.8) is 0 Å². The third-order valence-corrected chi connectivity index (χ3v) is 2.84. The lowest BCUT2D eigenvalue weighted by molar-refractivity contribution is -0.0757. The van der Waals surface area contributed by atoms with Crippen LogP contribution < -0.4 is 10.2 Å². The maximum Gasteiger partial charge on any atom is 0.280 e. The zero-order valence-electron chi connectivity index (χ0n) is 10.6. The van der Waals surface area contributed by atoms with Crippen molar-refractivity contribution < 1.29 is 9.63 Å². The molecular weight excluding hydrogens is 234 g/mol. The zero-order valence-corrected chi connectivity index (χ0v) is 10.6. The highest BCUT2D eigenvalue weighted by molar-refractivity contribution is 5.92. The van der Waals surface area contributed by atoms with Crippen molar-refractivity contribution in [3.05, 3.63) is 18.0 Å². The number of hydroxylamine groups is 2. The summed E-state index contributed by atoms with van der Waals surface area (Å²) < 4.78 is 0. The molecule has 1 saturated heterocycles. The van der Waals surface area contributed by atoms with Crippen LogP contribution in [0.5, 0.6) is 0 Å². The van der Waals surface area contributed by atoms with Gasteiger partial charge in [0.15, 0.2) is 0 Å². The van der Waals surface area contributed by atoms with Gasteiger partial charge >= 0.3 is 0 Å². The van der Waals surface area contributed by atoms with E-state index < -0.39 is 0 Å². The molecule has 0 bridgehead atoms. The van der Waals surface area contributed by atoms with Crippen LogP contribution in [0.3, 0.4) is 0 Å². The average molecular weight is 251 g/mol. The molecular formula is C11H17N5O2. The van der Waals surface area contributed by atoms with E-state index in [0.29, 0.717) is 11.5 Å². The minimum Gasteiger partial charge on any atom is -0.338 e. The average Bonchev–Trinajstić information content (AvgIpc) is 2.47. The summed E-state index contributed by atoms with van der Waals surface area (Å²) in [4.78, 5) is 27.1. The predicted molar refractivity (Wildman–Crippen MR) is 66.2 cm³/mol. The summed E-state index contributed by atoms with van der Waals surface area (Å²) in [5, 5.41) is 4.40. The summed E-state index contributed by atoms with van der Waals surface area (Å²) in [6.07, 6.45) is 3.06. The Morgan fingerprint density at radius 2 is 2.00 bits per heavy atom. The molecule has 18 heavy (non-hydrogen) atoms. The minimum absolute atomic E-state index is 0.260. The number of aromatic nitrogens is 2. The molecule has 1 N–H and O–H groups in total. The molecule has 1 aromatic rings. The molecule has 98 valence electrons. The van der Waals surface area contributed by atoms with Crippen molar-refractivity contribution in [2.75, 3.05) is 45.2 Å². The number of carbonyl (C=O) groups is 1. The molecule has 1 amide bonds. The summed E-state index contributed by atoms with van der Waals surface area (Å²) in [7, 11) is 2.99. The third-order valence-electron chi connectivity index (χ3n) is 2.84. The Labute approximate surface area is 106 Å². The summed E-state index contributed by atoms with van der Waals surface area (Å²) in [6, 6.07) is 0. The van der Waals surface area contributed by atoms with E-state index in [-0.39, 0.29) is 5.91 Å². The second kappa shape index (κ2) is 5.74. The van der Waals surface area contributed by atoms with Gasteiger partial charge in [-0.3, -0.25) is 9.63 Å². The number of carbonyl (C=O) groups excluding carboxylic acids is 1. The van der Waals surface area contributed by atoms with E-state index in [2.05, 4.69) is 20.2 Å². The Hall–Kier alpha value is -1.73. The first-order chi connectivity index (χ1) is 8.72. The summed E-state index contributed by atoms with van der Waals surface area (Å²) >= 11 is 0. The summed E-state index contributed by atoms with van der Waals surface area (Å²) in [5.74, 6) is 0.400. The number of nitrogens with one attached hydrogen (secondary N) is 1. The predicted octanol–water partition coefficient (Wildman–Crippen LogP) is -0.480. The van der Waals surface area contributed by atoms with Crippen LogP contribution in [0.1, 0.15) is 10.4 Å². The van der Waals surface area contributed by atoms with E-state index in [1.54, 1.807) is 7.05 Å². The molecule has 0 atom stereocenters. The number of hydrogen-bond acceptors (Lipinski definition) is 6. The molecule has 0 unspecified atom stereocenters. The van der Waals surface area contributed by atoms with Crippen molar-refractivity contribution in [3.8, 4) is 0 Å². The Morgan fingerprint density at radius 3 is 2.56 bits per heavy atom. The lowest BCUT2D eigenvalue weighted by Crippen LogP contribution is -2.44. The number of anilines is 1. The Balaban J connectivity index is 2.07. The molecule has 0 spiro atoms. The maximum atomic E-state index is 11.8. The van der Waals surface area contributed by atoms with Gasteiger partial charge in [0.25, 0.3) is 5.91 Å². The normalized spacial score (nSPS) is 15.6. The number of hydrogen-bond donors (Lipinski definition) is 1. The smallest absolute Gasteiger partial charge is 0.280 e. The highest BCUT2D eigenvalue weighted by Gasteiger charge is 2.15. The largest absolute Gasteiger partial charge is 0.338 e. The molecule has 1 fully saturated rings. The first-order valence-electron chi connectivity index (χ1n) is 5.82. The van der Waals surface area contributed by atoms with Crippen molar-refractivity contribution in [2.45, 2.75) is 0 Å². The van der Waals surface area contributed by atoms with Crippen LogP contribution >= 0.6 is 0 Å². The fraction of sp³-hybridized carbons (Fsp3) is 0.545. The molecule has 7 heteroatoms. The van der Waals surface area contributed by atoms with Crippen LogP contribution in [-0.2, 0) is 4.84 Å². The lowest BCUT2D eigenvalue weighted by atomic mass is 10.3. The van der Waals surface area contributed by atoms with Gasteiger partial charge in [-0.2, -0.15) is 0 Å². The SMILES string of the molecule is CON(C)C(=O)c1cnc(N2CCNCC2)nc1.